The number of anilines is 1. The zero-order valence-electron chi connectivity index (χ0n) is 15.9. The van der Waals surface area contributed by atoms with Gasteiger partial charge in [-0.2, -0.15) is 5.10 Å². The fraction of sp³-hybridized carbons (Fsp3) is 0.0476. The minimum absolute atomic E-state index is 0.0485. The second-order valence-electron chi connectivity index (χ2n) is 6.11. The van der Waals surface area contributed by atoms with Gasteiger partial charge < -0.3 is 4.74 Å². The van der Waals surface area contributed by atoms with Gasteiger partial charge in [-0.15, -0.1) is 0 Å². The van der Waals surface area contributed by atoms with Crippen molar-refractivity contribution in [2.45, 2.75) is 4.90 Å². The number of nitrogens with zero attached hydrogens (tertiary/aromatic N) is 1. The number of nitrogens with one attached hydrogen (secondary N) is 2. The average molecular weight is 444 g/mol. The van der Waals surface area contributed by atoms with E-state index in [1.165, 1.54) is 37.6 Å². The summed E-state index contributed by atoms with van der Waals surface area (Å²) in [4.78, 5) is 12.3. The lowest BCUT2D eigenvalue weighted by atomic mass is 10.2. The lowest BCUT2D eigenvalue weighted by molar-refractivity contribution is 0.0955. The lowest BCUT2D eigenvalue weighted by Gasteiger charge is -2.09. The third-order valence-electron chi connectivity index (χ3n) is 4.00. The second kappa shape index (κ2) is 9.43. The summed E-state index contributed by atoms with van der Waals surface area (Å²) in [6.07, 6.45) is 1.46. The minimum atomic E-state index is -3.88. The van der Waals surface area contributed by atoms with Crippen molar-refractivity contribution in [2.75, 3.05) is 11.8 Å². The first kappa shape index (κ1) is 21.4. The Labute approximate surface area is 179 Å². The van der Waals surface area contributed by atoms with Crippen LogP contribution in [-0.2, 0) is 10.0 Å². The Morgan fingerprint density at radius 3 is 2.40 bits per heavy atom. The molecular formula is C21H18ClN3O4S. The van der Waals surface area contributed by atoms with Gasteiger partial charge in [0.2, 0.25) is 0 Å². The fourth-order valence-corrected chi connectivity index (χ4v) is 3.69. The summed E-state index contributed by atoms with van der Waals surface area (Å²) in [7, 11) is -2.36. The molecule has 0 aliphatic rings. The van der Waals surface area contributed by atoms with Crippen molar-refractivity contribution >= 4 is 39.4 Å². The van der Waals surface area contributed by atoms with Crippen LogP contribution in [0.25, 0.3) is 0 Å². The van der Waals surface area contributed by atoms with E-state index in [2.05, 4.69) is 15.2 Å². The molecule has 0 fully saturated rings. The van der Waals surface area contributed by atoms with Crippen LogP contribution in [0.3, 0.4) is 0 Å². The second-order valence-corrected chi connectivity index (χ2v) is 8.23. The molecule has 3 aromatic rings. The minimum Gasteiger partial charge on any atom is -0.497 e. The standard InChI is InChI=1S/C21H18ClN3O4S/c1-29-19-11-9-18(10-12-19)25-30(27,28)20-4-2-3-16(13-20)21(26)24-23-14-15-5-7-17(22)8-6-15/h2-14,25H,1H3,(H,24,26)/b23-14+. The van der Waals surface area contributed by atoms with Crippen molar-refractivity contribution < 1.29 is 17.9 Å². The molecule has 0 heterocycles. The van der Waals surface area contributed by atoms with Crippen LogP contribution in [0, 0.1) is 0 Å². The monoisotopic (exact) mass is 443 g/mol. The zero-order valence-corrected chi connectivity index (χ0v) is 17.4. The van der Waals surface area contributed by atoms with Crippen molar-refractivity contribution in [3.05, 3.63) is 88.9 Å². The van der Waals surface area contributed by atoms with Gasteiger partial charge in [0.25, 0.3) is 15.9 Å². The Hall–Kier alpha value is -3.36. The first-order chi connectivity index (χ1) is 14.4. The van der Waals surface area contributed by atoms with Crippen molar-refractivity contribution in [3.8, 4) is 5.75 Å². The van der Waals surface area contributed by atoms with Gasteiger partial charge in [0.1, 0.15) is 5.75 Å². The number of carbonyl (C=O) groups is 1. The molecule has 154 valence electrons. The van der Waals surface area contributed by atoms with E-state index in [4.69, 9.17) is 16.3 Å². The van der Waals surface area contributed by atoms with Crippen LogP contribution in [0.5, 0.6) is 5.75 Å². The van der Waals surface area contributed by atoms with E-state index in [0.717, 1.165) is 5.56 Å². The summed E-state index contributed by atoms with van der Waals surface area (Å²) in [5, 5.41) is 4.47. The van der Waals surface area contributed by atoms with Crippen molar-refractivity contribution in [1.29, 1.82) is 0 Å². The van der Waals surface area contributed by atoms with E-state index in [9.17, 15) is 13.2 Å². The number of hydrazone groups is 1. The number of sulfonamides is 1. The zero-order chi connectivity index (χ0) is 21.6. The maximum atomic E-state index is 12.6. The SMILES string of the molecule is COc1ccc(NS(=O)(=O)c2cccc(C(=O)N/N=C/c3ccc(Cl)cc3)c2)cc1. The van der Waals surface area contributed by atoms with Gasteiger partial charge in [-0.3, -0.25) is 9.52 Å². The van der Waals surface area contributed by atoms with Crippen LogP contribution in [0.2, 0.25) is 5.02 Å². The molecule has 2 N–H and O–H groups in total. The molecule has 1 amide bonds. The summed E-state index contributed by atoms with van der Waals surface area (Å²) >= 11 is 5.82. The number of carbonyl (C=O) groups excluding carboxylic acids is 1. The topological polar surface area (TPSA) is 96.9 Å². The van der Waals surface area contributed by atoms with Gasteiger partial charge in [0, 0.05) is 16.3 Å². The van der Waals surface area contributed by atoms with E-state index in [1.807, 2.05) is 0 Å². The molecule has 7 nitrogen and oxygen atoms in total. The van der Waals surface area contributed by atoms with E-state index in [0.29, 0.717) is 16.5 Å². The maximum Gasteiger partial charge on any atom is 0.271 e. The molecule has 3 aromatic carbocycles. The number of hydrogen-bond donors (Lipinski definition) is 2. The normalized spacial score (nSPS) is 11.3. The van der Waals surface area contributed by atoms with Crippen molar-refractivity contribution in [3.63, 3.8) is 0 Å². The van der Waals surface area contributed by atoms with E-state index in [-0.39, 0.29) is 10.5 Å². The first-order valence-corrected chi connectivity index (χ1v) is 10.6. The first-order valence-electron chi connectivity index (χ1n) is 8.73. The van der Waals surface area contributed by atoms with Crippen molar-refractivity contribution in [1.82, 2.24) is 5.43 Å². The molecule has 0 saturated heterocycles. The summed E-state index contributed by atoms with van der Waals surface area (Å²) in [5.41, 5.74) is 3.65. The predicted octanol–water partition coefficient (Wildman–Crippen LogP) is 3.91. The van der Waals surface area contributed by atoms with Crippen LogP contribution in [-0.4, -0.2) is 27.6 Å². The summed E-state index contributed by atoms with van der Waals surface area (Å²) in [6, 6.07) is 19.0. The van der Waals surface area contributed by atoms with Crippen molar-refractivity contribution in [2.24, 2.45) is 5.10 Å². The molecule has 0 atom stereocenters. The molecule has 0 aliphatic carbocycles. The van der Waals surface area contributed by atoms with Crippen LogP contribution in [0.1, 0.15) is 15.9 Å². The Kier molecular flexibility index (Phi) is 6.71. The number of benzene rings is 3. The summed E-state index contributed by atoms with van der Waals surface area (Å²) in [5.74, 6) is 0.0671. The average Bonchev–Trinajstić information content (AvgIpc) is 2.75. The van der Waals surface area contributed by atoms with E-state index in [1.54, 1.807) is 48.5 Å². The number of halogens is 1. The molecule has 30 heavy (non-hydrogen) atoms. The molecule has 0 radical (unpaired) electrons. The Bertz CT molecular complexity index is 1160. The highest BCUT2D eigenvalue weighted by molar-refractivity contribution is 7.92. The Balaban J connectivity index is 1.70. The molecular weight excluding hydrogens is 426 g/mol. The number of rotatable bonds is 7. The highest BCUT2D eigenvalue weighted by Gasteiger charge is 2.16. The molecule has 0 spiro atoms. The number of ether oxygens (including phenoxy) is 1. The maximum absolute atomic E-state index is 12.6. The number of hydrogen-bond acceptors (Lipinski definition) is 5. The summed E-state index contributed by atoms with van der Waals surface area (Å²) < 4.78 is 32.8. The van der Waals surface area contributed by atoms with Crippen LogP contribution < -0.4 is 14.9 Å². The number of amides is 1. The quantitative estimate of drug-likeness (QED) is 0.427. The number of methoxy groups -OCH3 is 1. The van der Waals surface area contributed by atoms with Crippen LogP contribution in [0.4, 0.5) is 5.69 Å². The largest absolute Gasteiger partial charge is 0.497 e. The van der Waals surface area contributed by atoms with Gasteiger partial charge in [-0.25, -0.2) is 13.8 Å². The highest BCUT2D eigenvalue weighted by atomic mass is 35.5. The smallest absolute Gasteiger partial charge is 0.271 e. The van der Waals surface area contributed by atoms with Gasteiger partial charge in [0.05, 0.1) is 18.2 Å². The molecule has 0 aliphatic heterocycles. The van der Waals surface area contributed by atoms with Crippen LogP contribution >= 0.6 is 11.6 Å². The molecule has 9 heteroatoms. The summed E-state index contributed by atoms with van der Waals surface area (Å²) in [6.45, 7) is 0. The Morgan fingerprint density at radius 2 is 1.73 bits per heavy atom. The fourth-order valence-electron chi connectivity index (χ4n) is 2.46. The van der Waals surface area contributed by atoms with Gasteiger partial charge in [-0.05, 0) is 60.2 Å². The molecule has 0 saturated carbocycles. The molecule has 3 rings (SSSR count). The predicted molar refractivity (Wildman–Crippen MR) is 117 cm³/mol. The lowest BCUT2D eigenvalue weighted by Crippen LogP contribution is -2.19. The van der Waals surface area contributed by atoms with Gasteiger partial charge in [0.15, 0.2) is 0 Å². The van der Waals surface area contributed by atoms with Crippen LogP contribution in [0.15, 0.2) is 82.8 Å². The van der Waals surface area contributed by atoms with Gasteiger partial charge in [-0.1, -0.05) is 29.8 Å². The Morgan fingerprint density at radius 1 is 1.03 bits per heavy atom. The molecule has 0 aromatic heterocycles. The van der Waals surface area contributed by atoms with E-state index < -0.39 is 15.9 Å². The molecule has 0 bridgehead atoms. The third-order valence-corrected chi connectivity index (χ3v) is 5.63. The highest BCUT2D eigenvalue weighted by Crippen LogP contribution is 2.20. The third kappa shape index (κ3) is 5.59. The van der Waals surface area contributed by atoms with Gasteiger partial charge >= 0.3 is 0 Å². The molecule has 0 unspecified atom stereocenters. The van der Waals surface area contributed by atoms with E-state index >= 15 is 0 Å².